The van der Waals surface area contributed by atoms with Gasteiger partial charge in [0.1, 0.15) is 0 Å². The fraction of sp³-hybridized carbons (Fsp3) is 0.458. The van der Waals surface area contributed by atoms with Gasteiger partial charge in [-0.25, -0.2) is 0 Å². The van der Waals surface area contributed by atoms with E-state index in [1.807, 2.05) is 32.9 Å². The van der Waals surface area contributed by atoms with Crippen molar-refractivity contribution in [2.24, 2.45) is 0 Å². The number of aromatic nitrogens is 3. The van der Waals surface area contributed by atoms with Crippen LogP contribution in [0.25, 0.3) is 11.1 Å². The molecular weight excluding hydrogens is 604 g/mol. The summed E-state index contributed by atoms with van der Waals surface area (Å²) in [5.74, 6) is 0.544. The zero-order valence-electron chi connectivity index (χ0n) is 21.8. The maximum atomic E-state index is 11.3. The molecule has 1 atom stereocenters. The maximum absolute atomic E-state index is 11.3. The molecule has 0 bridgehead atoms. The van der Waals surface area contributed by atoms with Crippen molar-refractivity contribution < 1.29 is 44.5 Å². The second-order valence-electron chi connectivity index (χ2n) is 9.61. The van der Waals surface area contributed by atoms with Crippen LogP contribution in [0.4, 0.5) is 17.7 Å². The van der Waals surface area contributed by atoms with Crippen molar-refractivity contribution in [2.45, 2.75) is 51.2 Å². The topological polar surface area (TPSA) is 184 Å². The molecule has 3 heterocycles. The van der Waals surface area contributed by atoms with Gasteiger partial charge >= 0.3 is 232 Å². The summed E-state index contributed by atoms with van der Waals surface area (Å²) in [5, 5.41) is 12.1. The molecule has 204 valence electrons. The number of esters is 1. The van der Waals surface area contributed by atoms with E-state index in [4.69, 9.17) is 30.6 Å². The third-order valence-corrected chi connectivity index (χ3v) is 9.76. The normalized spacial score (nSPS) is 18.7. The van der Waals surface area contributed by atoms with Crippen molar-refractivity contribution in [3.05, 3.63) is 30.1 Å². The number of methoxy groups -OCH3 is 1. The van der Waals surface area contributed by atoms with Gasteiger partial charge in [-0.3, -0.25) is 0 Å². The molecule has 0 amide bonds. The number of unbranched alkanes of at least 4 members (excludes halogenated alkanes) is 1. The Labute approximate surface area is 231 Å². The summed E-state index contributed by atoms with van der Waals surface area (Å²) in [6.45, 7) is 6.58. The summed E-state index contributed by atoms with van der Waals surface area (Å²) in [6.07, 6.45) is 3.16. The Kier molecular flexibility index (Phi) is 8.42. The predicted octanol–water partition coefficient (Wildman–Crippen LogP) is -1.07. The number of halogens is 1. The number of carbonyl (C=O) groups excluding carboxylic acids is 1. The number of nitrogens with zero attached hydrogens (tertiary/aromatic N) is 3. The number of carbonyl (C=O) groups is 1. The minimum atomic E-state index is -0.848. The van der Waals surface area contributed by atoms with Crippen molar-refractivity contribution in [3.8, 4) is 0 Å². The van der Waals surface area contributed by atoms with Gasteiger partial charge in [-0.2, -0.15) is 0 Å². The van der Waals surface area contributed by atoms with Crippen molar-refractivity contribution in [1.29, 1.82) is 5.41 Å². The third kappa shape index (κ3) is 6.02. The van der Waals surface area contributed by atoms with Gasteiger partial charge in [0, 0.05) is 0 Å². The van der Waals surface area contributed by atoms with Crippen LogP contribution in [0.1, 0.15) is 45.6 Å². The van der Waals surface area contributed by atoms with Crippen LogP contribution in [0.15, 0.2) is 28.9 Å². The molecule has 1 unspecified atom stereocenters. The summed E-state index contributed by atoms with van der Waals surface area (Å²) < 4.78 is 23.9. The first-order chi connectivity index (χ1) is 18.0. The van der Waals surface area contributed by atoms with E-state index in [1.54, 1.807) is 6.07 Å². The first kappa shape index (κ1) is 28.0. The fourth-order valence-corrected chi connectivity index (χ4v) is 7.07. The van der Waals surface area contributed by atoms with Crippen molar-refractivity contribution in [1.82, 2.24) is 15.0 Å². The molecular formula is C24H32BIN7O5-. The van der Waals surface area contributed by atoms with Gasteiger partial charge in [0.15, 0.2) is 0 Å². The molecule has 0 radical (unpaired) electrons. The monoisotopic (exact) mass is 636 g/mol. The number of anilines is 3. The van der Waals surface area contributed by atoms with Crippen molar-refractivity contribution in [2.75, 3.05) is 34.9 Å². The van der Waals surface area contributed by atoms with E-state index in [9.17, 15) is 4.79 Å². The summed E-state index contributed by atoms with van der Waals surface area (Å²) in [7, 11) is 0.784. The molecule has 14 heteroatoms. The van der Waals surface area contributed by atoms with Crippen molar-refractivity contribution in [3.63, 3.8) is 0 Å². The molecule has 1 fully saturated rings. The SMILES string of the molecule is COC(=O)CCCCNc1ncnc(N)c1C(=N)[I-]CC1(C)OB(c2ccc3oc(N)nc3c2)OC1(C)C. The summed E-state index contributed by atoms with van der Waals surface area (Å²) >= 11 is -0.848. The molecule has 0 spiro atoms. The first-order valence-corrected chi connectivity index (χ1v) is 14.7. The first-order valence-electron chi connectivity index (χ1n) is 12.1. The standard InChI is InChI=1S/C24H32BIN7O5/c1-23(2)24(3,38-25(37-23)14-8-9-16-15(11-14)33-22(29)36-16)12-26-19(27)18-20(28)31-13-32-21(18)30-10-6-5-7-17(34)35-4/h8-9,11,13,27H,5-7,10,12H2,1-4H3,(H2,29,33)(H3,28,30,31,32)/q-1. The molecule has 1 saturated heterocycles. The number of nitrogens with one attached hydrogen (secondary N) is 2. The van der Waals surface area contributed by atoms with Crippen LogP contribution in [-0.4, -0.2) is 61.0 Å². The van der Waals surface area contributed by atoms with E-state index in [2.05, 4.69) is 25.0 Å². The number of nitrogens with two attached hydrogens (primary N) is 2. The number of benzene rings is 1. The van der Waals surface area contributed by atoms with Crippen LogP contribution in [0.3, 0.4) is 0 Å². The Morgan fingerprint density at radius 3 is 2.76 bits per heavy atom. The van der Waals surface area contributed by atoms with E-state index < -0.39 is 39.5 Å². The van der Waals surface area contributed by atoms with Crippen LogP contribution in [0.5, 0.6) is 0 Å². The number of nitrogen functional groups attached to an aromatic ring is 2. The number of rotatable bonds is 11. The van der Waals surface area contributed by atoms with Crippen LogP contribution in [0, 0.1) is 5.41 Å². The summed E-state index contributed by atoms with van der Waals surface area (Å²) in [6, 6.07) is 5.64. The van der Waals surface area contributed by atoms with Gasteiger partial charge in [0.25, 0.3) is 0 Å². The number of hydrogen-bond donors (Lipinski definition) is 4. The predicted molar refractivity (Wildman–Crippen MR) is 141 cm³/mol. The molecule has 4 rings (SSSR count). The summed E-state index contributed by atoms with van der Waals surface area (Å²) in [4.78, 5) is 23.9. The number of fused-ring (bicyclic) bond motifs is 1. The second-order valence-corrected chi connectivity index (χ2v) is 12.2. The van der Waals surface area contributed by atoms with Gasteiger partial charge < -0.3 is 0 Å². The molecule has 0 saturated carbocycles. The number of alkyl halides is 1. The van der Waals surface area contributed by atoms with Gasteiger partial charge in [-0.05, 0) is 0 Å². The van der Waals surface area contributed by atoms with E-state index in [0.717, 1.165) is 11.9 Å². The molecule has 12 nitrogen and oxygen atoms in total. The Bertz CT molecular complexity index is 1340. The fourth-order valence-electron chi connectivity index (χ4n) is 3.95. The van der Waals surface area contributed by atoms with Crippen LogP contribution in [-0.2, 0) is 18.8 Å². The van der Waals surface area contributed by atoms with E-state index >= 15 is 0 Å². The Hall–Kier alpha value is -2.98. The molecule has 6 N–H and O–H groups in total. The number of oxazole rings is 1. The molecule has 38 heavy (non-hydrogen) atoms. The second kappa shape index (κ2) is 11.4. The molecule has 1 aromatic carbocycles. The molecule has 0 aliphatic carbocycles. The molecule has 1 aliphatic rings. The number of ether oxygens (including phenoxy) is 1. The van der Waals surface area contributed by atoms with E-state index in [0.29, 0.717) is 50.0 Å². The summed E-state index contributed by atoms with van der Waals surface area (Å²) in [5.41, 5.74) is 13.1. The molecule has 2 aromatic heterocycles. The van der Waals surface area contributed by atoms with Gasteiger partial charge in [0.2, 0.25) is 0 Å². The van der Waals surface area contributed by atoms with Crippen molar-refractivity contribution >= 4 is 51.0 Å². The third-order valence-electron chi connectivity index (χ3n) is 6.62. The van der Waals surface area contributed by atoms with Gasteiger partial charge in [0.05, 0.1) is 0 Å². The van der Waals surface area contributed by atoms with Gasteiger partial charge in [-0.15, -0.1) is 0 Å². The molecule has 1 aliphatic heterocycles. The zero-order valence-corrected chi connectivity index (χ0v) is 24.0. The Balaban J connectivity index is 1.41. The number of hydrogen-bond acceptors (Lipinski definition) is 12. The van der Waals surface area contributed by atoms with Gasteiger partial charge in [-0.1, -0.05) is 0 Å². The zero-order chi connectivity index (χ0) is 27.5. The van der Waals surface area contributed by atoms with Crippen LogP contribution >= 0.6 is 0 Å². The van der Waals surface area contributed by atoms with E-state index in [-0.39, 0.29) is 17.8 Å². The Morgan fingerprint density at radius 1 is 1.21 bits per heavy atom. The van der Waals surface area contributed by atoms with Crippen LogP contribution < -0.4 is 43.5 Å². The quantitative estimate of drug-likeness (QED) is 0.0502. The molecule has 3 aromatic rings. The van der Waals surface area contributed by atoms with Crippen LogP contribution in [0.2, 0.25) is 0 Å². The Morgan fingerprint density at radius 2 is 2.00 bits per heavy atom. The minimum absolute atomic E-state index is 0.109. The average Bonchev–Trinajstić information content (AvgIpc) is 3.36. The van der Waals surface area contributed by atoms with E-state index in [1.165, 1.54) is 13.4 Å². The average molecular weight is 636 g/mol.